The summed E-state index contributed by atoms with van der Waals surface area (Å²) in [7, 11) is -3.65. The van der Waals surface area contributed by atoms with Crippen molar-refractivity contribution in [2.45, 2.75) is 26.1 Å². The summed E-state index contributed by atoms with van der Waals surface area (Å²) in [5.41, 5.74) is -0.426. The van der Waals surface area contributed by atoms with Crippen LogP contribution in [0.25, 0.3) is 6.08 Å². The van der Waals surface area contributed by atoms with Crippen molar-refractivity contribution >= 4 is 27.7 Å². The summed E-state index contributed by atoms with van der Waals surface area (Å²) in [5, 5.41) is 2.60. The molecule has 32 heavy (non-hydrogen) atoms. The van der Waals surface area contributed by atoms with Crippen molar-refractivity contribution < 1.29 is 35.5 Å². The lowest BCUT2D eigenvalue weighted by atomic mass is 10.1. The van der Waals surface area contributed by atoms with Crippen LogP contribution in [0.3, 0.4) is 0 Å². The zero-order chi connectivity index (χ0) is 24.1. The van der Waals surface area contributed by atoms with Gasteiger partial charge < -0.3 is 10.1 Å². The van der Waals surface area contributed by atoms with Gasteiger partial charge in [0.25, 0.3) is 0 Å². The number of hydrogen-bond donors (Lipinski definition) is 2. The number of ether oxygens (including phenoxy) is 1. The van der Waals surface area contributed by atoms with Gasteiger partial charge in [0.1, 0.15) is 11.6 Å². The van der Waals surface area contributed by atoms with E-state index in [1.807, 2.05) is 4.72 Å². The van der Waals surface area contributed by atoms with Gasteiger partial charge in [-0.25, -0.2) is 12.8 Å². The van der Waals surface area contributed by atoms with Gasteiger partial charge in [0.2, 0.25) is 15.9 Å². The number of nitrogens with one attached hydrogen (secondary N) is 2. The fraction of sp³-hybridized carbons (Fsp3) is 0.286. The van der Waals surface area contributed by atoms with Gasteiger partial charge in [0.15, 0.2) is 0 Å². The van der Waals surface area contributed by atoms with E-state index in [0.29, 0.717) is 5.56 Å². The topological polar surface area (TPSA) is 84.5 Å². The summed E-state index contributed by atoms with van der Waals surface area (Å²) >= 11 is 0. The Morgan fingerprint density at radius 1 is 1.19 bits per heavy atom. The summed E-state index contributed by atoms with van der Waals surface area (Å²) in [6.45, 7) is 3.35. The van der Waals surface area contributed by atoms with Crippen molar-refractivity contribution in [3.8, 4) is 5.75 Å². The first-order valence-corrected chi connectivity index (χ1v) is 11.3. The first-order valence-electron chi connectivity index (χ1n) is 9.40. The quantitative estimate of drug-likeness (QED) is 0.436. The molecule has 1 amide bonds. The molecule has 0 saturated heterocycles. The lowest BCUT2D eigenvalue weighted by molar-refractivity contribution is -0.137. The average Bonchev–Trinajstić information content (AvgIpc) is 2.67. The Hall–Kier alpha value is -3.08. The molecule has 0 bridgehead atoms. The van der Waals surface area contributed by atoms with Crippen LogP contribution in [0.4, 0.5) is 23.2 Å². The van der Waals surface area contributed by atoms with Crippen molar-refractivity contribution in [2.24, 2.45) is 0 Å². The predicted molar refractivity (Wildman–Crippen MR) is 113 cm³/mol. The van der Waals surface area contributed by atoms with Crippen LogP contribution in [0, 0.1) is 5.82 Å². The number of hydrogen-bond acceptors (Lipinski definition) is 4. The molecule has 2 rings (SSSR count). The van der Waals surface area contributed by atoms with Crippen LogP contribution < -0.4 is 14.8 Å². The Morgan fingerprint density at radius 2 is 1.88 bits per heavy atom. The number of halogens is 4. The number of alkyl halides is 3. The highest BCUT2D eigenvalue weighted by Gasteiger charge is 2.31. The number of amides is 1. The van der Waals surface area contributed by atoms with Crippen molar-refractivity contribution in [3.63, 3.8) is 0 Å². The van der Waals surface area contributed by atoms with Gasteiger partial charge >= 0.3 is 6.18 Å². The number of carbonyl (C=O) groups excluding carboxylic acids is 1. The highest BCUT2D eigenvalue weighted by Crippen LogP contribution is 2.33. The molecular weight excluding hydrogens is 452 g/mol. The third kappa shape index (κ3) is 7.26. The molecule has 0 aromatic heterocycles. The molecule has 2 aromatic rings. The number of anilines is 1. The zero-order valence-corrected chi connectivity index (χ0v) is 18.3. The fourth-order valence-electron chi connectivity index (χ4n) is 2.72. The summed E-state index contributed by atoms with van der Waals surface area (Å²) in [6, 6.07) is 6.09. The standard InChI is InChI=1S/C21H22F4N2O4S/c1-4-31-19-12-16(21(23,24)25)8-5-14(19)7-10-20(28)26-13(2)15-6-9-18(17(22)11-15)27-32(3,29)30/h5-13,27H,4H2,1-3H3,(H,26,28). The van der Waals surface area contributed by atoms with Gasteiger partial charge in [-0.05, 0) is 49.8 Å². The number of carbonyl (C=O) groups is 1. The minimum Gasteiger partial charge on any atom is -0.493 e. The molecule has 0 saturated carbocycles. The second-order valence-corrected chi connectivity index (χ2v) is 8.61. The first-order chi connectivity index (χ1) is 14.8. The monoisotopic (exact) mass is 474 g/mol. The van der Waals surface area contributed by atoms with E-state index in [1.54, 1.807) is 13.8 Å². The normalized spacial score (nSPS) is 13.1. The molecule has 6 nitrogen and oxygen atoms in total. The van der Waals surface area contributed by atoms with E-state index in [-0.39, 0.29) is 23.6 Å². The van der Waals surface area contributed by atoms with E-state index in [0.717, 1.165) is 30.5 Å². The minimum absolute atomic E-state index is 0.0181. The number of sulfonamides is 1. The summed E-state index contributed by atoms with van der Waals surface area (Å²) in [6.07, 6.45) is -1.20. The Kier molecular flexibility index (Phi) is 7.89. The molecule has 11 heteroatoms. The minimum atomic E-state index is -4.53. The van der Waals surface area contributed by atoms with Crippen molar-refractivity contribution in [1.82, 2.24) is 5.32 Å². The molecule has 0 spiro atoms. The van der Waals surface area contributed by atoms with Gasteiger partial charge in [-0.3, -0.25) is 9.52 Å². The van der Waals surface area contributed by atoms with Crippen LogP contribution >= 0.6 is 0 Å². The molecule has 0 radical (unpaired) electrons. The molecule has 0 heterocycles. The Bertz CT molecular complexity index is 1120. The predicted octanol–water partition coefficient (Wildman–Crippen LogP) is 4.51. The summed E-state index contributed by atoms with van der Waals surface area (Å²) < 4.78 is 82.6. The summed E-state index contributed by atoms with van der Waals surface area (Å²) in [5.74, 6) is -1.40. The van der Waals surface area contributed by atoms with Crippen LogP contribution in [-0.2, 0) is 21.0 Å². The zero-order valence-electron chi connectivity index (χ0n) is 17.5. The second-order valence-electron chi connectivity index (χ2n) is 6.86. The van der Waals surface area contributed by atoms with E-state index >= 15 is 0 Å². The molecule has 0 aliphatic rings. The van der Waals surface area contributed by atoms with E-state index in [2.05, 4.69) is 5.32 Å². The molecule has 0 fully saturated rings. The summed E-state index contributed by atoms with van der Waals surface area (Å²) in [4.78, 5) is 12.2. The van der Waals surface area contributed by atoms with Gasteiger partial charge in [-0.2, -0.15) is 13.2 Å². The Labute approximate surface area is 183 Å². The van der Waals surface area contributed by atoms with E-state index in [1.165, 1.54) is 24.3 Å². The van der Waals surface area contributed by atoms with Crippen molar-refractivity contribution in [2.75, 3.05) is 17.6 Å². The molecular formula is C21H22F4N2O4S. The molecule has 0 aliphatic heterocycles. The molecule has 2 N–H and O–H groups in total. The highest BCUT2D eigenvalue weighted by molar-refractivity contribution is 7.92. The molecule has 174 valence electrons. The van der Waals surface area contributed by atoms with Crippen LogP contribution in [0.2, 0.25) is 0 Å². The highest BCUT2D eigenvalue weighted by atomic mass is 32.2. The largest absolute Gasteiger partial charge is 0.493 e. The van der Waals surface area contributed by atoms with Crippen LogP contribution in [0.1, 0.15) is 36.6 Å². The fourth-order valence-corrected chi connectivity index (χ4v) is 3.29. The SMILES string of the molecule is CCOc1cc(C(F)(F)F)ccc1C=CC(=O)NC(C)c1ccc(NS(C)(=O)=O)c(F)c1. The van der Waals surface area contributed by atoms with Gasteiger partial charge in [-0.1, -0.05) is 12.1 Å². The second kappa shape index (κ2) is 10.0. The lowest BCUT2D eigenvalue weighted by Crippen LogP contribution is -2.24. The molecule has 1 unspecified atom stereocenters. The molecule has 2 aromatic carbocycles. The van der Waals surface area contributed by atoms with Crippen LogP contribution in [0.15, 0.2) is 42.5 Å². The lowest BCUT2D eigenvalue weighted by Gasteiger charge is -2.15. The number of benzene rings is 2. The molecule has 0 aliphatic carbocycles. The van der Waals surface area contributed by atoms with Crippen molar-refractivity contribution in [1.29, 1.82) is 0 Å². The van der Waals surface area contributed by atoms with Crippen molar-refractivity contribution in [3.05, 3.63) is 65.0 Å². The Balaban J connectivity index is 2.12. The number of rotatable bonds is 8. The van der Waals surface area contributed by atoms with Crippen LogP contribution in [-0.4, -0.2) is 27.2 Å². The Morgan fingerprint density at radius 3 is 2.44 bits per heavy atom. The van der Waals surface area contributed by atoms with Gasteiger partial charge in [-0.15, -0.1) is 0 Å². The first kappa shape index (κ1) is 25.2. The van der Waals surface area contributed by atoms with Crippen LogP contribution in [0.5, 0.6) is 5.75 Å². The molecule has 1 atom stereocenters. The average molecular weight is 474 g/mol. The smallest absolute Gasteiger partial charge is 0.416 e. The third-order valence-electron chi connectivity index (χ3n) is 4.20. The third-order valence-corrected chi connectivity index (χ3v) is 4.79. The van der Waals surface area contributed by atoms with E-state index in [9.17, 15) is 30.8 Å². The maximum Gasteiger partial charge on any atom is 0.416 e. The maximum atomic E-state index is 14.1. The maximum absolute atomic E-state index is 14.1. The van der Waals surface area contributed by atoms with Gasteiger partial charge in [0, 0.05) is 11.6 Å². The van der Waals surface area contributed by atoms with E-state index in [4.69, 9.17) is 4.74 Å². The van der Waals surface area contributed by atoms with Gasteiger partial charge in [0.05, 0.1) is 30.2 Å². The van der Waals surface area contributed by atoms with E-state index < -0.39 is 39.5 Å².